The molecule has 0 fully saturated rings. The molecule has 1 unspecified atom stereocenters. The van der Waals surface area contributed by atoms with Gasteiger partial charge in [-0.15, -0.1) is 0 Å². The predicted octanol–water partition coefficient (Wildman–Crippen LogP) is 2.95. The van der Waals surface area contributed by atoms with Crippen LogP contribution in [0.1, 0.15) is 40.9 Å². The molecule has 1 amide bonds. The average molecular weight is 305 g/mol. The minimum Gasteiger partial charge on any atom is -0.463 e. The number of ether oxygens (including phenoxy) is 1. The molecule has 0 spiro atoms. The van der Waals surface area contributed by atoms with Gasteiger partial charge in [-0.25, -0.2) is 5.06 Å². The molecule has 0 aliphatic rings. The molecule has 1 N–H and O–H groups in total. The minimum atomic E-state index is -0.781. The molecule has 1 rings (SSSR count). The van der Waals surface area contributed by atoms with Gasteiger partial charge in [-0.05, 0) is 38.8 Å². The Bertz CT molecular complexity index is 584. The van der Waals surface area contributed by atoms with Gasteiger partial charge in [-0.1, -0.05) is 29.8 Å². The van der Waals surface area contributed by atoms with Crippen LogP contribution < -0.4 is 0 Å². The third kappa shape index (κ3) is 4.18. The first-order chi connectivity index (χ1) is 10.1. The third-order valence-electron chi connectivity index (χ3n) is 3.41. The summed E-state index contributed by atoms with van der Waals surface area (Å²) < 4.78 is 4.90. The van der Waals surface area contributed by atoms with Crippen LogP contribution in [0.15, 0.2) is 24.3 Å². The zero-order chi connectivity index (χ0) is 17.0. The number of benzene rings is 1. The standard InChI is InChI=1S/C17H23NO4/c1-10(2)15(9-22-14(6)19)18(21)17(20)16-12(4)7-11(3)8-13(16)5/h7-8,15,21H,1,9H2,2-6H3. The summed E-state index contributed by atoms with van der Waals surface area (Å²) >= 11 is 0. The van der Waals surface area contributed by atoms with Crippen LogP contribution in [-0.2, 0) is 9.53 Å². The summed E-state index contributed by atoms with van der Waals surface area (Å²) in [7, 11) is 0. The number of carbonyl (C=O) groups excluding carboxylic acids is 2. The van der Waals surface area contributed by atoms with Gasteiger partial charge in [-0.2, -0.15) is 0 Å². The molecule has 1 atom stereocenters. The Labute approximate surface area is 131 Å². The van der Waals surface area contributed by atoms with E-state index >= 15 is 0 Å². The summed E-state index contributed by atoms with van der Waals surface area (Å²) in [5.74, 6) is -1.01. The Morgan fingerprint density at radius 1 is 1.23 bits per heavy atom. The summed E-state index contributed by atoms with van der Waals surface area (Å²) in [6.45, 7) is 12.1. The molecule has 5 nitrogen and oxygen atoms in total. The molecule has 0 aliphatic carbocycles. The van der Waals surface area contributed by atoms with E-state index in [1.165, 1.54) is 6.92 Å². The number of esters is 1. The van der Waals surface area contributed by atoms with Crippen molar-refractivity contribution in [1.82, 2.24) is 5.06 Å². The van der Waals surface area contributed by atoms with E-state index in [4.69, 9.17) is 4.74 Å². The predicted molar refractivity (Wildman–Crippen MR) is 83.8 cm³/mol. The molecule has 1 aromatic carbocycles. The van der Waals surface area contributed by atoms with E-state index in [1.807, 2.05) is 32.9 Å². The number of aryl methyl sites for hydroxylation is 3. The largest absolute Gasteiger partial charge is 0.463 e. The lowest BCUT2D eigenvalue weighted by Gasteiger charge is -2.27. The molecule has 0 saturated heterocycles. The lowest BCUT2D eigenvalue weighted by Crippen LogP contribution is -2.42. The molecule has 0 bridgehead atoms. The Morgan fingerprint density at radius 3 is 2.14 bits per heavy atom. The van der Waals surface area contributed by atoms with Crippen LogP contribution >= 0.6 is 0 Å². The third-order valence-corrected chi connectivity index (χ3v) is 3.41. The van der Waals surface area contributed by atoms with Crippen molar-refractivity contribution < 1.29 is 19.5 Å². The van der Waals surface area contributed by atoms with Gasteiger partial charge in [0.25, 0.3) is 5.91 Å². The topological polar surface area (TPSA) is 66.8 Å². The van der Waals surface area contributed by atoms with Crippen molar-refractivity contribution in [3.8, 4) is 0 Å². The number of rotatable bonds is 5. The van der Waals surface area contributed by atoms with Crippen molar-refractivity contribution >= 4 is 11.9 Å². The summed E-state index contributed by atoms with van der Waals surface area (Å²) in [4.78, 5) is 23.5. The number of carbonyl (C=O) groups is 2. The van der Waals surface area contributed by atoms with Gasteiger partial charge >= 0.3 is 5.97 Å². The van der Waals surface area contributed by atoms with Crippen molar-refractivity contribution in [2.24, 2.45) is 0 Å². The van der Waals surface area contributed by atoms with E-state index in [-0.39, 0.29) is 6.61 Å². The molecule has 0 heterocycles. The quantitative estimate of drug-likeness (QED) is 0.393. The lowest BCUT2D eigenvalue weighted by atomic mass is 9.98. The van der Waals surface area contributed by atoms with E-state index in [1.54, 1.807) is 6.92 Å². The van der Waals surface area contributed by atoms with Crippen LogP contribution in [0.25, 0.3) is 0 Å². The zero-order valence-corrected chi connectivity index (χ0v) is 13.8. The maximum Gasteiger partial charge on any atom is 0.302 e. The summed E-state index contributed by atoms with van der Waals surface area (Å²) in [6, 6.07) is 2.99. The van der Waals surface area contributed by atoms with E-state index in [9.17, 15) is 14.8 Å². The summed E-state index contributed by atoms with van der Waals surface area (Å²) in [6.07, 6.45) is 0. The van der Waals surface area contributed by atoms with Crippen molar-refractivity contribution in [2.75, 3.05) is 6.61 Å². The van der Waals surface area contributed by atoms with Gasteiger partial charge in [0.05, 0.1) is 0 Å². The second-order valence-electron chi connectivity index (χ2n) is 5.59. The van der Waals surface area contributed by atoms with E-state index in [0.717, 1.165) is 16.7 Å². The molecule has 5 heteroatoms. The highest BCUT2D eigenvalue weighted by Crippen LogP contribution is 2.20. The van der Waals surface area contributed by atoms with Gasteiger partial charge < -0.3 is 4.74 Å². The zero-order valence-electron chi connectivity index (χ0n) is 13.8. The molecule has 120 valence electrons. The van der Waals surface area contributed by atoms with Crippen molar-refractivity contribution in [3.63, 3.8) is 0 Å². The van der Waals surface area contributed by atoms with Gasteiger partial charge in [0.15, 0.2) is 0 Å². The van der Waals surface area contributed by atoms with Crippen molar-refractivity contribution in [2.45, 2.75) is 40.7 Å². The van der Waals surface area contributed by atoms with E-state index < -0.39 is 17.9 Å². The molecule has 22 heavy (non-hydrogen) atoms. The Kier molecular flexibility index (Phi) is 5.88. The maximum absolute atomic E-state index is 12.6. The van der Waals surface area contributed by atoms with Crippen LogP contribution in [0.4, 0.5) is 0 Å². The van der Waals surface area contributed by atoms with Gasteiger partial charge in [0.2, 0.25) is 0 Å². The van der Waals surface area contributed by atoms with Gasteiger partial charge in [-0.3, -0.25) is 14.8 Å². The van der Waals surface area contributed by atoms with Crippen LogP contribution in [-0.4, -0.2) is 34.8 Å². The molecule has 0 aromatic heterocycles. The number of hydrogen-bond donors (Lipinski definition) is 1. The fraction of sp³-hybridized carbons (Fsp3) is 0.412. The van der Waals surface area contributed by atoms with Crippen molar-refractivity contribution in [3.05, 3.63) is 46.5 Å². The highest BCUT2D eigenvalue weighted by molar-refractivity contribution is 5.96. The smallest absolute Gasteiger partial charge is 0.302 e. The normalized spacial score (nSPS) is 11.7. The first kappa shape index (κ1) is 17.9. The summed E-state index contributed by atoms with van der Waals surface area (Å²) in [5.41, 5.74) is 3.60. The van der Waals surface area contributed by atoms with Crippen LogP contribution in [0, 0.1) is 20.8 Å². The van der Waals surface area contributed by atoms with Crippen LogP contribution in [0.2, 0.25) is 0 Å². The number of amides is 1. The second-order valence-corrected chi connectivity index (χ2v) is 5.59. The molecule has 0 saturated carbocycles. The SMILES string of the molecule is C=C(C)C(COC(C)=O)N(O)C(=O)c1c(C)cc(C)cc1C. The summed E-state index contributed by atoms with van der Waals surface area (Å²) in [5, 5.41) is 10.9. The van der Waals surface area contributed by atoms with E-state index in [0.29, 0.717) is 16.2 Å². The van der Waals surface area contributed by atoms with E-state index in [2.05, 4.69) is 6.58 Å². The monoisotopic (exact) mass is 305 g/mol. The van der Waals surface area contributed by atoms with Crippen molar-refractivity contribution in [1.29, 1.82) is 0 Å². The number of hydroxylamine groups is 2. The first-order valence-corrected chi connectivity index (χ1v) is 7.04. The Hall–Kier alpha value is -2.14. The fourth-order valence-corrected chi connectivity index (χ4v) is 2.39. The van der Waals surface area contributed by atoms with Crippen LogP contribution in [0.5, 0.6) is 0 Å². The Morgan fingerprint density at radius 2 is 1.73 bits per heavy atom. The highest BCUT2D eigenvalue weighted by Gasteiger charge is 2.27. The maximum atomic E-state index is 12.6. The lowest BCUT2D eigenvalue weighted by molar-refractivity contribution is -0.147. The van der Waals surface area contributed by atoms with Gasteiger partial charge in [0.1, 0.15) is 12.6 Å². The first-order valence-electron chi connectivity index (χ1n) is 7.04. The van der Waals surface area contributed by atoms with Gasteiger partial charge in [0, 0.05) is 12.5 Å². The fourth-order valence-electron chi connectivity index (χ4n) is 2.39. The molecule has 1 aromatic rings. The molecule has 0 aliphatic heterocycles. The second kappa shape index (κ2) is 7.22. The average Bonchev–Trinajstić information content (AvgIpc) is 2.36. The molecule has 0 radical (unpaired) electrons. The molecular weight excluding hydrogens is 282 g/mol. The molecular formula is C17H23NO4. The number of hydrogen-bond acceptors (Lipinski definition) is 4. The Balaban J connectivity index is 3.09. The minimum absolute atomic E-state index is 0.128. The van der Waals surface area contributed by atoms with Crippen LogP contribution in [0.3, 0.4) is 0 Å². The number of nitrogens with zero attached hydrogens (tertiary/aromatic N) is 1. The highest BCUT2D eigenvalue weighted by atomic mass is 16.5.